The van der Waals surface area contributed by atoms with Crippen LogP contribution in [0.25, 0.3) is 0 Å². The summed E-state index contributed by atoms with van der Waals surface area (Å²) in [6.45, 7) is 8.01. The van der Waals surface area contributed by atoms with Gasteiger partial charge < -0.3 is 15.0 Å². The number of ether oxygens (including phenoxy) is 1. The molecule has 20 heavy (non-hydrogen) atoms. The molecule has 1 amide bonds. The van der Waals surface area contributed by atoms with E-state index < -0.39 is 5.60 Å². The van der Waals surface area contributed by atoms with Crippen molar-refractivity contribution in [3.05, 3.63) is 35.9 Å². The largest absolute Gasteiger partial charge is 0.444 e. The number of likely N-dealkylation sites (tertiary alicyclic amines) is 1. The Morgan fingerprint density at radius 2 is 2.05 bits per heavy atom. The maximum atomic E-state index is 12.0. The van der Waals surface area contributed by atoms with Crippen LogP contribution in [-0.4, -0.2) is 35.7 Å². The Morgan fingerprint density at radius 1 is 1.35 bits per heavy atom. The first kappa shape index (κ1) is 14.9. The van der Waals surface area contributed by atoms with E-state index in [1.54, 1.807) is 4.90 Å². The normalized spacial score (nSPS) is 19.1. The Bertz CT molecular complexity index is 440. The predicted molar refractivity (Wildman–Crippen MR) is 79.5 cm³/mol. The number of benzene rings is 1. The highest BCUT2D eigenvalue weighted by atomic mass is 16.6. The summed E-state index contributed by atoms with van der Waals surface area (Å²) in [6.07, 6.45) is 0.771. The molecule has 0 aromatic heterocycles. The number of nitrogens with zero attached hydrogens (tertiary/aromatic N) is 1. The third-order valence-electron chi connectivity index (χ3n) is 3.28. The van der Waals surface area contributed by atoms with E-state index in [1.807, 2.05) is 39.0 Å². The van der Waals surface area contributed by atoms with Crippen molar-refractivity contribution in [1.29, 1.82) is 0 Å². The molecule has 110 valence electrons. The minimum absolute atomic E-state index is 0.207. The number of carbonyl (C=O) groups excluding carboxylic acids is 1. The maximum absolute atomic E-state index is 12.0. The first-order valence-corrected chi connectivity index (χ1v) is 7.19. The summed E-state index contributed by atoms with van der Waals surface area (Å²) in [6, 6.07) is 10.7. The zero-order chi connectivity index (χ0) is 14.6. The molecular weight excluding hydrogens is 252 g/mol. The minimum Gasteiger partial charge on any atom is -0.444 e. The Labute approximate surface area is 121 Å². The average Bonchev–Trinajstić information content (AvgIpc) is 2.84. The van der Waals surface area contributed by atoms with E-state index in [-0.39, 0.29) is 6.09 Å². The fraction of sp³-hybridized carbons (Fsp3) is 0.562. The smallest absolute Gasteiger partial charge is 0.410 e. The third-order valence-corrected chi connectivity index (χ3v) is 3.28. The molecule has 1 fully saturated rings. The second-order valence-corrected chi connectivity index (χ2v) is 6.28. The lowest BCUT2D eigenvalue weighted by molar-refractivity contribution is 0.0291. The number of hydrogen-bond acceptors (Lipinski definition) is 3. The first-order chi connectivity index (χ1) is 9.44. The molecule has 4 nitrogen and oxygen atoms in total. The van der Waals surface area contributed by atoms with Gasteiger partial charge in [0.15, 0.2) is 0 Å². The molecule has 1 N–H and O–H groups in total. The molecule has 1 aromatic carbocycles. The van der Waals surface area contributed by atoms with Crippen LogP contribution in [0.3, 0.4) is 0 Å². The SMILES string of the molecule is CC(C)(C)OC(=O)N1CC[C@@H](NCc2ccccc2)C1. The van der Waals surface area contributed by atoms with E-state index in [4.69, 9.17) is 4.74 Å². The van der Waals surface area contributed by atoms with Crippen LogP contribution in [0.1, 0.15) is 32.8 Å². The van der Waals surface area contributed by atoms with Gasteiger partial charge in [-0.15, -0.1) is 0 Å². The lowest BCUT2D eigenvalue weighted by atomic mass is 10.2. The van der Waals surface area contributed by atoms with Gasteiger partial charge in [-0.1, -0.05) is 30.3 Å². The molecule has 1 heterocycles. The molecule has 0 spiro atoms. The van der Waals surface area contributed by atoms with Gasteiger partial charge in [0.1, 0.15) is 5.60 Å². The zero-order valence-electron chi connectivity index (χ0n) is 12.6. The minimum atomic E-state index is -0.424. The van der Waals surface area contributed by atoms with Crippen LogP contribution in [0.2, 0.25) is 0 Å². The maximum Gasteiger partial charge on any atom is 0.410 e. The van der Waals surface area contributed by atoms with Crippen LogP contribution in [0.5, 0.6) is 0 Å². The Balaban J connectivity index is 1.76. The summed E-state index contributed by atoms with van der Waals surface area (Å²) in [5.41, 5.74) is 0.843. The molecule has 1 aliphatic rings. The summed E-state index contributed by atoms with van der Waals surface area (Å²) in [4.78, 5) is 13.7. The van der Waals surface area contributed by atoms with Crippen LogP contribution in [0, 0.1) is 0 Å². The van der Waals surface area contributed by atoms with Gasteiger partial charge in [0.2, 0.25) is 0 Å². The van der Waals surface area contributed by atoms with Crippen molar-refractivity contribution in [1.82, 2.24) is 10.2 Å². The highest BCUT2D eigenvalue weighted by molar-refractivity contribution is 5.68. The van der Waals surface area contributed by atoms with Crippen LogP contribution < -0.4 is 5.32 Å². The molecule has 0 bridgehead atoms. The molecule has 1 aromatic rings. The molecule has 0 radical (unpaired) electrons. The standard InChI is InChI=1S/C16H24N2O2/c1-16(2,3)20-15(19)18-10-9-14(12-18)17-11-13-7-5-4-6-8-13/h4-8,14,17H,9-12H2,1-3H3/t14-/m1/s1. The third kappa shape index (κ3) is 4.53. The van der Waals surface area contributed by atoms with Crippen molar-refractivity contribution in [2.24, 2.45) is 0 Å². The van der Waals surface area contributed by atoms with Gasteiger partial charge in [-0.2, -0.15) is 0 Å². The number of amides is 1. The molecule has 1 saturated heterocycles. The molecule has 0 saturated carbocycles. The average molecular weight is 276 g/mol. The highest BCUT2D eigenvalue weighted by Crippen LogP contribution is 2.15. The predicted octanol–water partition coefficient (Wildman–Crippen LogP) is 2.79. The Kier molecular flexibility index (Phi) is 4.65. The quantitative estimate of drug-likeness (QED) is 0.923. The van der Waals surface area contributed by atoms with E-state index in [9.17, 15) is 4.79 Å². The van der Waals surface area contributed by atoms with E-state index in [0.29, 0.717) is 6.04 Å². The van der Waals surface area contributed by atoms with E-state index >= 15 is 0 Å². The Morgan fingerprint density at radius 3 is 2.70 bits per heavy atom. The fourth-order valence-electron chi connectivity index (χ4n) is 2.28. The van der Waals surface area contributed by atoms with Crippen molar-refractivity contribution in [3.63, 3.8) is 0 Å². The first-order valence-electron chi connectivity index (χ1n) is 7.19. The summed E-state index contributed by atoms with van der Waals surface area (Å²) >= 11 is 0. The molecule has 1 aliphatic heterocycles. The Hall–Kier alpha value is -1.55. The molecule has 4 heteroatoms. The second-order valence-electron chi connectivity index (χ2n) is 6.28. The van der Waals surface area contributed by atoms with Gasteiger partial charge in [0.05, 0.1) is 0 Å². The molecule has 0 aliphatic carbocycles. The number of hydrogen-bond donors (Lipinski definition) is 1. The van der Waals surface area contributed by atoms with Gasteiger partial charge in [-0.25, -0.2) is 4.79 Å². The van der Waals surface area contributed by atoms with Crippen molar-refractivity contribution >= 4 is 6.09 Å². The van der Waals surface area contributed by atoms with Crippen molar-refractivity contribution in [2.45, 2.75) is 45.4 Å². The van der Waals surface area contributed by atoms with Gasteiger partial charge in [0, 0.05) is 25.7 Å². The number of rotatable bonds is 3. The van der Waals surface area contributed by atoms with Crippen LogP contribution in [0.4, 0.5) is 4.79 Å². The summed E-state index contributed by atoms with van der Waals surface area (Å²) < 4.78 is 5.39. The lowest BCUT2D eigenvalue weighted by Gasteiger charge is -2.24. The van der Waals surface area contributed by atoms with Gasteiger partial charge in [-0.05, 0) is 32.8 Å². The molecule has 1 atom stereocenters. The second kappa shape index (κ2) is 6.27. The van der Waals surface area contributed by atoms with Crippen molar-refractivity contribution in [3.8, 4) is 0 Å². The van der Waals surface area contributed by atoms with Crippen molar-refractivity contribution < 1.29 is 9.53 Å². The number of carbonyl (C=O) groups is 1. The molecule has 2 rings (SSSR count). The molecular formula is C16H24N2O2. The van der Waals surface area contributed by atoms with Crippen LogP contribution >= 0.6 is 0 Å². The zero-order valence-corrected chi connectivity index (χ0v) is 12.6. The van der Waals surface area contributed by atoms with Gasteiger partial charge in [-0.3, -0.25) is 0 Å². The van der Waals surface area contributed by atoms with Crippen LogP contribution in [-0.2, 0) is 11.3 Å². The van der Waals surface area contributed by atoms with Gasteiger partial charge in [0.25, 0.3) is 0 Å². The fourth-order valence-corrected chi connectivity index (χ4v) is 2.28. The topological polar surface area (TPSA) is 41.6 Å². The monoisotopic (exact) mass is 276 g/mol. The summed E-state index contributed by atoms with van der Waals surface area (Å²) in [5.74, 6) is 0. The number of nitrogens with one attached hydrogen (secondary N) is 1. The summed E-state index contributed by atoms with van der Waals surface area (Å²) in [5, 5.41) is 3.50. The van der Waals surface area contributed by atoms with E-state index in [2.05, 4.69) is 17.4 Å². The van der Waals surface area contributed by atoms with Crippen molar-refractivity contribution in [2.75, 3.05) is 13.1 Å². The molecule has 0 unspecified atom stereocenters. The van der Waals surface area contributed by atoms with E-state index in [0.717, 1.165) is 26.1 Å². The van der Waals surface area contributed by atoms with Gasteiger partial charge >= 0.3 is 6.09 Å². The lowest BCUT2D eigenvalue weighted by Crippen LogP contribution is -2.38. The highest BCUT2D eigenvalue weighted by Gasteiger charge is 2.29. The van der Waals surface area contributed by atoms with Crippen LogP contribution in [0.15, 0.2) is 30.3 Å². The summed E-state index contributed by atoms with van der Waals surface area (Å²) in [7, 11) is 0. The van der Waals surface area contributed by atoms with E-state index in [1.165, 1.54) is 5.56 Å².